The smallest absolute Gasteiger partial charge is 0.255 e. The Morgan fingerprint density at radius 2 is 1.95 bits per heavy atom. The predicted molar refractivity (Wildman–Crippen MR) is 72.7 cm³/mol. The van der Waals surface area contributed by atoms with E-state index < -0.39 is 17.5 Å². The van der Waals surface area contributed by atoms with Gasteiger partial charge in [0.1, 0.15) is 22.6 Å². The third-order valence-corrected chi connectivity index (χ3v) is 2.77. The molecule has 20 heavy (non-hydrogen) atoms. The van der Waals surface area contributed by atoms with Gasteiger partial charge in [-0.15, -0.1) is 0 Å². The minimum Gasteiger partial charge on any atom is -0.384 e. The SMILES string of the molecule is Cc1cc(F)c(NC(=O)c2cc(N)nc(Cl)c2)cc1F. The number of aryl methyl sites for hydroxylation is 1. The molecule has 1 heterocycles. The van der Waals surface area contributed by atoms with Gasteiger partial charge in [0.25, 0.3) is 5.91 Å². The molecular formula is C13H10ClF2N3O. The molecule has 0 aliphatic heterocycles. The molecule has 0 fully saturated rings. The number of anilines is 2. The summed E-state index contributed by atoms with van der Waals surface area (Å²) in [5, 5.41) is 2.29. The van der Waals surface area contributed by atoms with Crippen molar-refractivity contribution in [3.63, 3.8) is 0 Å². The van der Waals surface area contributed by atoms with E-state index in [1.54, 1.807) is 0 Å². The van der Waals surface area contributed by atoms with Crippen molar-refractivity contribution in [1.29, 1.82) is 0 Å². The molecule has 1 aromatic carbocycles. The van der Waals surface area contributed by atoms with Crippen LogP contribution in [0, 0.1) is 18.6 Å². The van der Waals surface area contributed by atoms with Crippen LogP contribution in [0.25, 0.3) is 0 Å². The van der Waals surface area contributed by atoms with E-state index in [1.165, 1.54) is 19.1 Å². The summed E-state index contributed by atoms with van der Waals surface area (Å²) in [5.41, 5.74) is 5.44. The Morgan fingerprint density at radius 1 is 1.25 bits per heavy atom. The zero-order valence-corrected chi connectivity index (χ0v) is 11.1. The number of halogens is 3. The zero-order chi connectivity index (χ0) is 14.9. The van der Waals surface area contributed by atoms with Crippen molar-refractivity contribution < 1.29 is 13.6 Å². The van der Waals surface area contributed by atoms with E-state index in [2.05, 4.69) is 10.3 Å². The normalized spacial score (nSPS) is 10.4. The molecule has 0 saturated heterocycles. The van der Waals surface area contributed by atoms with Gasteiger partial charge in [0.15, 0.2) is 0 Å². The Hall–Kier alpha value is -2.21. The maximum atomic E-state index is 13.6. The summed E-state index contributed by atoms with van der Waals surface area (Å²) in [6, 6.07) is 4.47. The maximum absolute atomic E-state index is 13.6. The van der Waals surface area contributed by atoms with E-state index in [1.807, 2.05) is 0 Å². The van der Waals surface area contributed by atoms with Gasteiger partial charge in [-0.25, -0.2) is 13.8 Å². The first-order valence-electron chi connectivity index (χ1n) is 5.57. The highest BCUT2D eigenvalue weighted by Gasteiger charge is 2.13. The maximum Gasteiger partial charge on any atom is 0.255 e. The summed E-state index contributed by atoms with van der Waals surface area (Å²) in [5.74, 6) is -1.96. The molecule has 0 radical (unpaired) electrons. The van der Waals surface area contributed by atoms with Gasteiger partial charge in [-0.1, -0.05) is 11.6 Å². The van der Waals surface area contributed by atoms with Crippen LogP contribution in [0.3, 0.4) is 0 Å². The number of hydrogen-bond donors (Lipinski definition) is 2. The number of amides is 1. The third-order valence-electron chi connectivity index (χ3n) is 2.57. The molecular weight excluding hydrogens is 288 g/mol. The molecule has 0 aliphatic carbocycles. The number of hydrogen-bond acceptors (Lipinski definition) is 3. The highest BCUT2D eigenvalue weighted by atomic mass is 35.5. The fourth-order valence-electron chi connectivity index (χ4n) is 1.58. The molecule has 104 valence electrons. The molecule has 1 aromatic heterocycles. The molecule has 0 atom stereocenters. The van der Waals surface area contributed by atoms with Crippen LogP contribution in [0.1, 0.15) is 15.9 Å². The second-order valence-electron chi connectivity index (χ2n) is 4.14. The molecule has 4 nitrogen and oxygen atoms in total. The number of nitrogen functional groups attached to an aromatic ring is 1. The van der Waals surface area contributed by atoms with Gasteiger partial charge < -0.3 is 11.1 Å². The van der Waals surface area contributed by atoms with Gasteiger partial charge in [-0.3, -0.25) is 4.79 Å². The van der Waals surface area contributed by atoms with Gasteiger partial charge in [-0.05, 0) is 30.7 Å². The van der Waals surface area contributed by atoms with Gasteiger partial charge in [0, 0.05) is 11.6 Å². The number of nitrogens with two attached hydrogens (primary N) is 1. The highest BCUT2D eigenvalue weighted by Crippen LogP contribution is 2.20. The Kier molecular flexibility index (Phi) is 3.85. The summed E-state index contributed by atoms with van der Waals surface area (Å²) in [6.45, 7) is 1.42. The molecule has 1 amide bonds. The van der Waals surface area contributed by atoms with E-state index in [0.717, 1.165) is 12.1 Å². The number of carbonyl (C=O) groups excluding carboxylic acids is 1. The van der Waals surface area contributed by atoms with Crippen molar-refractivity contribution in [3.8, 4) is 0 Å². The van der Waals surface area contributed by atoms with Crippen LogP contribution in [0.4, 0.5) is 20.3 Å². The quantitative estimate of drug-likeness (QED) is 0.837. The fraction of sp³-hybridized carbons (Fsp3) is 0.0769. The molecule has 0 saturated carbocycles. The Labute approximate surface area is 118 Å². The lowest BCUT2D eigenvalue weighted by atomic mass is 10.2. The fourth-order valence-corrected chi connectivity index (χ4v) is 1.80. The van der Waals surface area contributed by atoms with Crippen molar-refractivity contribution in [2.24, 2.45) is 0 Å². The highest BCUT2D eigenvalue weighted by molar-refractivity contribution is 6.30. The summed E-state index contributed by atoms with van der Waals surface area (Å²) in [6.07, 6.45) is 0. The monoisotopic (exact) mass is 297 g/mol. The average molecular weight is 298 g/mol. The Bertz CT molecular complexity index is 671. The van der Waals surface area contributed by atoms with Gasteiger partial charge >= 0.3 is 0 Å². The van der Waals surface area contributed by atoms with Gasteiger partial charge in [0.05, 0.1) is 5.69 Å². The van der Waals surface area contributed by atoms with E-state index in [9.17, 15) is 13.6 Å². The van der Waals surface area contributed by atoms with Crippen molar-refractivity contribution >= 4 is 29.0 Å². The van der Waals surface area contributed by atoms with Crippen LogP contribution in [0.5, 0.6) is 0 Å². The molecule has 0 bridgehead atoms. The first-order valence-corrected chi connectivity index (χ1v) is 5.94. The topological polar surface area (TPSA) is 68.0 Å². The Morgan fingerprint density at radius 3 is 2.60 bits per heavy atom. The van der Waals surface area contributed by atoms with Crippen molar-refractivity contribution in [2.45, 2.75) is 6.92 Å². The number of pyridine rings is 1. The number of nitrogens with one attached hydrogen (secondary N) is 1. The molecule has 2 aromatic rings. The largest absolute Gasteiger partial charge is 0.384 e. The summed E-state index contributed by atoms with van der Waals surface area (Å²) in [4.78, 5) is 15.6. The van der Waals surface area contributed by atoms with Crippen molar-refractivity contribution in [3.05, 3.63) is 52.2 Å². The lowest BCUT2D eigenvalue weighted by Gasteiger charge is -2.08. The summed E-state index contributed by atoms with van der Waals surface area (Å²) in [7, 11) is 0. The molecule has 0 unspecified atom stereocenters. The van der Waals surface area contributed by atoms with Gasteiger partial charge in [-0.2, -0.15) is 0 Å². The predicted octanol–water partition coefficient (Wildman–Crippen LogP) is 3.16. The van der Waals surface area contributed by atoms with E-state index in [-0.39, 0.29) is 27.8 Å². The summed E-state index contributed by atoms with van der Waals surface area (Å²) >= 11 is 5.67. The number of rotatable bonds is 2. The lowest BCUT2D eigenvalue weighted by Crippen LogP contribution is -2.14. The van der Waals surface area contributed by atoms with Crippen LogP contribution in [-0.2, 0) is 0 Å². The minimum absolute atomic E-state index is 0.0331. The number of nitrogens with zero attached hydrogens (tertiary/aromatic N) is 1. The minimum atomic E-state index is -0.731. The van der Waals surface area contributed by atoms with Crippen LogP contribution in [0.15, 0.2) is 24.3 Å². The van der Waals surface area contributed by atoms with Gasteiger partial charge in [0.2, 0.25) is 0 Å². The van der Waals surface area contributed by atoms with Crippen molar-refractivity contribution in [2.75, 3.05) is 11.1 Å². The molecule has 3 N–H and O–H groups in total. The third kappa shape index (κ3) is 3.03. The van der Waals surface area contributed by atoms with E-state index >= 15 is 0 Å². The molecule has 0 spiro atoms. The first-order chi connectivity index (χ1) is 9.36. The van der Waals surface area contributed by atoms with Crippen LogP contribution in [-0.4, -0.2) is 10.9 Å². The second-order valence-corrected chi connectivity index (χ2v) is 4.53. The van der Waals surface area contributed by atoms with Crippen LogP contribution < -0.4 is 11.1 Å². The number of carbonyl (C=O) groups is 1. The van der Waals surface area contributed by atoms with E-state index in [4.69, 9.17) is 17.3 Å². The zero-order valence-electron chi connectivity index (χ0n) is 10.4. The Balaban J connectivity index is 2.30. The van der Waals surface area contributed by atoms with Crippen molar-refractivity contribution in [1.82, 2.24) is 4.98 Å². The lowest BCUT2D eigenvalue weighted by molar-refractivity contribution is 0.102. The first kappa shape index (κ1) is 14.2. The summed E-state index contributed by atoms with van der Waals surface area (Å²) < 4.78 is 27.0. The number of aromatic nitrogens is 1. The average Bonchev–Trinajstić information content (AvgIpc) is 2.34. The number of benzene rings is 1. The molecule has 7 heteroatoms. The molecule has 0 aliphatic rings. The standard InChI is InChI=1S/C13H10ClF2N3O/c1-6-2-9(16)10(5-8(6)15)18-13(20)7-3-11(14)19-12(17)4-7/h2-5H,1H3,(H2,17,19)(H,18,20). The van der Waals surface area contributed by atoms with Crippen LogP contribution >= 0.6 is 11.6 Å². The van der Waals surface area contributed by atoms with E-state index in [0.29, 0.717) is 0 Å². The van der Waals surface area contributed by atoms with Crippen LogP contribution in [0.2, 0.25) is 5.15 Å². The molecule has 2 rings (SSSR count). The second kappa shape index (κ2) is 5.42.